The van der Waals surface area contributed by atoms with E-state index in [2.05, 4.69) is 31.2 Å². The lowest BCUT2D eigenvalue weighted by Crippen LogP contribution is -2.51. The average Bonchev–Trinajstić information content (AvgIpc) is 1.76. The fraction of sp³-hybridized carbons (Fsp3) is 0.492. The molecule has 3 aromatic heterocycles. The lowest BCUT2D eigenvalue weighted by atomic mass is 9.85. The van der Waals surface area contributed by atoms with Crippen LogP contribution in [0.2, 0.25) is 0 Å². The molecule has 7 rings (SSSR count). The number of nitrogens with zero attached hydrogens (tertiary/aromatic N) is 5. The van der Waals surface area contributed by atoms with Crippen LogP contribution in [0.3, 0.4) is 0 Å². The number of fused-ring (bicyclic) bond motifs is 5. The summed E-state index contributed by atoms with van der Waals surface area (Å²) in [6.07, 6.45) is 10.4. The van der Waals surface area contributed by atoms with Crippen LogP contribution in [0.25, 0.3) is 28.4 Å². The molecule has 0 saturated carbocycles. The number of hydrogen-bond donors (Lipinski definition) is 5. The van der Waals surface area contributed by atoms with Crippen molar-refractivity contribution in [2.24, 2.45) is 5.73 Å². The Kier molecular flexibility index (Phi) is 23.5. The maximum Gasteiger partial charge on any atom is 0.510 e. The van der Waals surface area contributed by atoms with Gasteiger partial charge in [-0.2, -0.15) is 4.31 Å². The third-order valence-electron chi connectivity index (χ3n) is 15.2. The van der Waals surface area contributed by atoms with Gasteiger partial charge in [0.15, 0.2) is 0 Å². The lowest BCUT2D eigenvalue weighted by Gasteiger charge is -2.35. The number of rotatable bonds is 32. The highest BCUT2D eigenvalue weighted by Crippen LogP contribution is 2.42. The molecule has 4 amide bonds. The van der Waals surface area contributed by atoms with Crippen molar-refractivity contribution in [1.29, 1.82) is 0 Å². The van der Waals surface area contributed by atoms with Crippen LogP contribution in [-0.4, -0.2) is 152 Å². The molecule has 2 aromatic carbocycles. The monoisotopic (exact) mass is 1300 g/mol. The molecule has 5 heterocycles. The van der Waals surface area contributed by atoms with E-state index in [1.165, 1.54) is 27.5 Å². The van der Waals surface area contributed by atoms with Crippen molar-refractivity contribution in [1.82, 2.24) is 39.8 Å². The lowest BCUT2D eigenvalue weighted by molar-refractivity contribution is -0.175. The summed E-state index contributed by atoms with van der Waals surface area (Å²) in [6.45, 7) is 11.6. The predicted octanol–water partition coefficient (Wildman–Crippen LogP) is 5.11. The number of para-hydroxylation sites is 1. The van der Waals surface area contributed by atoms with Gasteiger partial charge in [0.05, 0.1) is 53.0 Å². The van der Waals surface area contributed by atoms with E-state index >= 15 is 0 Å². The number of pyridine rings is 2. The number of sulfonamides is 1. The Bertz CT molecular complexity index is 3820. The van der Waals surface area contributed by atoms with Crippen molar-refractivity contribution < 1.29 is 69.3 Å². The van der Waals surface area contributed by atoms with Crippen LogP contribution in [0.1, 0.15) is 127 Å². The Morgan fingerprint density at radius 2 is 1.62 bits per heavy atom. The van der Waals surface area contributed by atoms with Gasteiger partial charge in [0.2, 0.25) is 54.2 Å². The van der Waals surface area contributed by atoms with E-state index in [4.69, 9.17) is 34.4 Å². The fourth-order valence-electron chi connectivity index (χ4n) is 10.5. The number of aromatic nitrogens is 4. The van der Waals surface area contributed by atoms with E-state index < -0.39 is 91.3 Å². The van der Waals surface area contributed by atoms with Crippen LogP contribution >= 0.6 is 0 Å². The number of sulfone groups is 1. The van der Waals surface area contributed by atoms with E-state index in [0.29, 0.717) is 72.4 Å². The third kappa shape index (κ3) is 18.8. The van der Waals surface area contributed by atoms with Crippen LogP contribution in [0.4, 0.5) is 10.5 Å². The Labute approximate surface area is 529 Å². The minimum absolute atomic E-state index is 0.0731. The second-order valence-electron chi connectivity index (χ2n) is 24.1. The first-order valence-electron chi connectivity index (χ1n) is 30.0. The van der Waals surface area contributed by atoms with Crippen LogP contribution in [0, 0.1) is 0 Å². The maximum atomic E-state index is 14.4. The van der Waals surface area contributed by atoms with Gasteiger partial charge >= 0.3 is 12.1 Å². The van der Waals surface area contributed by atoms with Crippen molar-refractivity contribution >= 4 is 78.3 Å². The molecule has 2 atom stereocenters. The number of carbonyl (C=O) groups is 6. The number of amides is 4. The number of ether oxygens (including phenoxy) is 5. The van der Waals surface area contributed by atoms with Gasteiger partial charge < -0.3 is 55.3 Å². The summed E-state index contributed by atoms with van der Waals surface area (Å²) in [5.74, 6) is -2.77. The summed E-state index contributed by atoms with van der Waals surface area (Å²) in [4.78, 5) is 107. The van der Waals surface area contributed by atoms with Crippen molar-refractivity contribution in [3.8, 4) is 11.4 Å². The Balaban J connectivity index is 0.872. The van der Waals surface area contributed by atoms with Crippen LogP contribution in [0.15, 0.2) is 83.0 Å². The largest absolute Gasteiger partial charge is 0.510 e. The second-order valence-corrected chi connectivity index (χ2v) is 27.9. The molecule has 0 fully saturated rings. The quantitative estimate of drug-likeness (QED) is 0.0208. The summed E-state index contributed by atoms with van der Waals surface area (Å²) in [5, 5.41) is 11.7. The number of anilines is 1. The topological polar surface area (TPSA) is 355 Å². The number of nitrogens with one attached hydrogen (secondary N) is 4. The maximum absolute atomic E-state index is 14.4. The molecule has 0 spiro atoms. The molecular formula is C63H82N10O16S2. The van der Waals surface area contributed by atoms with Crippen LogP contribution in [-0.2, 0) is 99.3 Å². The van der Waals surface area contributed by atoms with Gasteiger partial charge in [0, 0.05) is 72.0 Å². The number of unbranched alkanes of at least 4 members (excludes halogenated alkanes) is 2. The molecule has 2 aliphatic rings. The van der Waals surface area contributed by atoms with Crippen molar-refractivity contribution in [2.45, 2.75) is 154 Å². The molecule has 28 heteroatoms. The van der Waals surface area contributed by atoms with E-state index in [1.807, 2.05) is 30.3 Å². The number of nitrogens with two attached hydrogens (primary N) is 1. The summed E-state index contributed by atoms with van der Waals surface area (Å²) in [7, 11) is -7.04. The van der Waals surface area contributed by atoms with Gasteiger partial charge in [-0.3, -0.25) is 24.0 Å². The van der Waals surface area contributed by atoms with Crippen molar-refractivity contribution in [3.63, 3.8) is 0 Å². The Morgan fingerprint density at radius 3 is 2.29 bits per heavy atom. The molecule has 0 radical (unpaired) electrons. The normalized spacial score (nSPS) is 15.2. The van der Waals surface area contributed by atoms with Crippen LogP contribution in [0.5, 0.6) is 0 Å². The summed E-state index contributed by atoms with van der Waals surface area (Å²) >= 11 is 0. The zero-order valence-corrected chi connectivity index (χ0v) is 54.5. The molecule has 26 nitrogen and oxygen atoms in total. The van der Waals surface area contributed by atoms with Gasteiger partial charge in [-0.05, 0) is 128 Å². The predicted molar refractivity (Wildman–Crippen MR) is 338 cm³/mol. The van der Waals surface area contributed by atoms with E-state index in [1.54, 1.807) is 84.9 Å². The summed E-state index contributed by atoms with van der Waals surface area (Å²) < 4.78 is 80.0. The minimum Gasteiger partial charge on any atom is -0.457 e. The molecular weight excluding hydrogens is 1220 g/mol. The highest BCUT2D eigenvalue weighted by Gasteiger charge is 2.51. The summed E-state index contributed by atoms with van der Waals surface area (Å²) in [5.41, 5.74) is 6.28. The molecule has 0 saturated heterocycles. The highest BCUT2D eigenvalue weighted by molar-refractivity contribution is 7.90. The number of cyclic esters (lactones) is 1. The SMILES string of the molecule is CC[C@@]1(OC(=O)OCc2ccc(NC(=O)[C@H](CCCCN)NC(=O)COCC(=O)NC(C)(C)COC(C)(C)CNC(=O)CCC/C=C/c3cnc(S(C)(=O)=O)nc3)cc2)C(=O)OCc2c1cc1n(c2=O)Cc2c-1nc1ccccc1c2CCN(C(C)C)S(C)(=O)=O. The summed E-state index contributed by atoms with van der Waals surface area (Å²) in [6, 6.07) is 14.1. The number of benzene rings is 2. The standard InChI is InChI=1S/C63H82N10O16S2/c1-10-63(48-30-51-55-46(33-72(51)57(78)47(48)35-86-58(63)79)44(45-19-14-15-20-49(45)70-55)27-29-73(40(2)3)91(9,83)84)89-60(80)87-34-41-23-25-43(26-24-41)68-56(77)50(21-16-17-28-64)69-53(75)36-85-37-54(76)71-61(4,5)39-88-62(6,7)38-67-52(74)22-13-11-12-18-42-31-65-59(66-32-42)90(8,81)82/h12,14-15,18-20,23-26,30-32,40,50H,10-11,13,16-17,21-22,27-29,33-39,64H2,1-9H3,(H,67,74)(H,68,77)(H,69,75)(H,71,76)/b18-12+/t50-,63-/m0/s1. The molecule has 0 bridgehead atoms. The fourth-order valence-corrected chi connectivity index (χ4v) is 12.2. The highest BCUT2D eigenvalue weighted by atomic mass is 32.2. The number of hydrogen-bond acceptors (Lipinski definition) is 20. The van der Waals surface area contributed by atoms with E-state index in [0.717, 1.165) is 22.8 Å². The van der Waals surface area contributed by atoms with Crippen molar-refractivity contribution in [2.75, 3.05) is 57.3 Å². The van der Waals surface area contributed by atoms with Crippen LogP contribution < -0.4 is 32.6 Å². The molecule has 0 unspecified atom stereocenters. The molecule has 492 valence electrons. The molecule has 2 aliphatic heterocycles. The van der Waals surface area contributed by atoms with Gasteiger partial charge in [-0.15, -0.1) is 0 Å². The molecule has 6 N–H and O–H groups in total. The van der Waals surface area contributed by atoms with Gasteiger partial charge in [-0.1, -0.05) is 49.4 Å². The first-order chi connectivity index (χ1) is 42.9. The van der Waals surface area contributed by atoms with Gasteiger partial charge in [-0.25, -0.2) is 41.4 Å². The minimum atomic E-state index is -3.54. The number of carbonyl (C=O) groups excluding carboxylic acids is 6. The number of allylic oxidation sites excluding steroid dienone is 1. The van der Waals surface area contributed by atoms with Crippen molar-refractivity contribution in [3.05, 3.63) is 117 Å². The third-order valence-corrected chi connectivity index (χ3v) is 17.6. The van der Waals surface area contributed by atoms with Gasteiger partial charge in [0.1, 0.15) is 32.5 Å². The zero-order chi connectivity index (χ0) is 66.5. The van der Waals surface area contributed by atoms with E-state index in [-0.39, 0.29) is 86.9 Å². The Morgan fingerprint density at radius 1 is 0.912 bits per heavy atom. The average molecular weight is 1300 g/mol. The van der Waals surface area contributed by atoms with Gasteiger partial charge in [0.25, 0.3) is 5.56 Å². The second kappa shape index (κ2) is 30.4. The van der Waals surface area contributed by atoms with E-state index in [9.17, 15) is 50.4 Å². The Hall–Kier alpha value is -8.02. The smallest absolute Gasteiger partial charge is 0.457 e. The first-order valence-corrected chi connectivity index (χ1v) is 33.7. The number of esters is 1. The first kappa shape index (κ1) is 70.4. The molecule has 5 aromatic rings. The molecule has 91 heavy (non-hydrogen) atoms. The zero-order valence-electron chi connectivity index (χ0n) is 52.8. The molecule has 0 aliphatic carbocycles.